The summed E-state index contributed by atoms with van der Waals surface area (Å²) in [4.78, 5) is 15.9. The van der Waals surface area contributed by atoms with Crippen LogP contribution >= 0.6 is 0 Å². The van der Waals surface area contributed by atoms with Crippen LogP contribution in [-0.4, -0.2) is 35.8 Å². The number of pyridine rings is 1. The highest BCUT2D eigenvalue weighted by atomic mass is 19.4. The van der Waals surface area contributed by atoms with Crippen LogP contribution in [0.4, 0.5) is 13.2 Å². The summed E-state index contributed by atoms with van der Waals surface area (Å²) in [6, 6.07) is 2.59. The van der Waals surface area contributed by atoms with Crippen molar-refractivity contribution in [3.63, 3.8) is 0 Å². The standard InChI is InChI=1S/C15H22F3N3O2/c1-10(2)6-14(3,8-19)21-13(22)11-4-5-12(20-7-11)23-9-15(16,17)18/h4-5,7,10H,6,8-9,19H2,1-3H3,(H,21,22). The molecule has 1 heterocycles. The molecule has 5 nitrogen and oxygen atoms in total. The van der Waals surface area contributed by atoms with Crippen molar-refractivity contribution in [1.29, 1.82) is 0 Å². The first-order chi connectivity index (χ1) is 10.5. The van der Waals surface area contributed by atoms with Gasteiger partial charge in [0.05, 0.1) is 5.56 Å². The average molecular weight is 333 g/mol. The van der Waals surface area contributed by atoms with Crippen molar-refractivity contribution in [2.75, 3.05) is 13.2 Å². The second kappa shape index (κ2) is 7.63. The third-order valence-corrected chi connectivity index (χ3v) is 3.11. The number of hydrogen-bond acceptors (Lipinski definition) is 4. The Bertz CT molecular complexity index is 518. The molecule has 1 aromatic rings. The lowest BCUT2D eigenvalue weighted by atomic mass is 9.90. The molecule has 0 radical (unpaired) electrons. The van der Waals surface area contributed by atoms with Crippen LogP contribution in [0.1, 0.15) is 37.6 Å². The summed E-state index contributed by atoms with van der Waals surface area (Å²) >= 11 is 0. The Labute approximate surface area is 133 Å². The summed E-state index contributed by atoms with van der Waals surface area (Å²) in [5.74, 6) is -0.226. The predicted molar refractivity (Wildman–Crippen MR) is 80.2 cm³/mol. The van der Waals surface area contributed by atoms with E-state index in [9.17, 15) is 18.0 Å². The van der Waals surface area contributed by atoms with Crippen LogP contribution in [0.2, 0.25) is 0 Å². The Morgan fingerprint density at radius 3 is 2.48 bits per heavy atom. The quantitative estimate of drug-likeness (QED) is 0.804. The lowest BCUT2D eigenvalue weighted by Crippen LogP contribution is -2.52. The zero-order chi connectivity index (χ0) is 17.7. The first-order valence-electron chi connectivity index (χ1n) is 7.23. The SMILES string of the molecule is CC(C)CC(C)(CN)NC(=O)c1ccc(OCC(F)(F)F)nc1. The molecule has 0 aliphatic heterocycles. The molecule has 3 N–H and O–H groups in total. The van der Waals surface area contributed by atoms with Gasteiger partial charge < -0.3 is 15.8 Å². The second-order valence-electron chi connectivity index (χ2n) is 6.11. The van der Waals surface area contributed by atoms with Crippen molar-refractivity contribution in [3.05, 3.63) is 23.9 Å². The largest absolute Gasteiger partial charge is 0.468 e. The predicted octanol–water partition coefficient (Wildman–Crippen LogP) is 2.52. The van der Waals surface area contributed by atoms with Gasteiger partial charge in [0.1, 0.15) is 0 Å². The van der Waals surface area contributed by atoms with Gasteiger partial charge in [0, 0.05) is 24.3 Å². The maximum absolute atomic E-state index is 12.2. The van der Waals surface area contributed by atoms with E-state index in [4.69, 9.17) is 5.73 Å². The number of hydrogen-bond donors (Lipinski definition) is 2. The van der Waals surface area contributed by atoms with Gasteiger partial charge in [0.15, 0.2) is 6.61 Å². The van der Waals surface area contributed by atoms with E-state index in [-0.39, 0.29) is 23.9 Å². The minimum Gasteiger partial charge on any atom is -0.468 e. The van der Waals surface area contributed by atoms with Crippen molar-refractivity contribution in [2.45, 2.75) is 38.9 Å². The molecule has 0 bridgehead atoms. The molecule has 0 aliphatic rings. The summed E-state index contributed by atoms with van der Waals surface area (Å²) in [6.07, 6.45) is -2.56. The number of aromatic nitrogens is 1. The fourth-order valence-electron chi connectivity index (χ4n) is 2.19. The molecule has 0 aliphatic carbocycles. The molecular weight excluding hydrogens is 311 g/mol. The molecule has 1 atom stereocenters. The Morgan fingerprint density at radius 2 is 2.04 bits per heavy atom. The Morgan fingerprint density at radius 1 is 1.39 bits per heavy atom. The van der Waals surface area contributed by atoms with Crippen LogP contribution in [0, 0.1) is 5.92 Å². The van der Waals surface area contributed by atoms with Crippen molar-refractivity contribution in [1.82, 2.24) is 10.3 Å². The lowest BCUT2D eigenvalue weighted by Gasteiger charge is -2.31. The van der Waals surface area contributed by atoms with Gasteiger partial charge in [-0.3, -0.25) is 4.79 Å². The highest BCUT2D eigenvalue weighted by Gasteiger charge is 2.29. The molecule has 0 spiro atoms. The first kappa shape index (κ1) is 19.2. The molecule has 1 aromatic heterocycles. The fourth-order valence-corrected chi connectivity index (χ4v) is 2.19. The Kier molecular flexibility index (Phi) is 6.37. The van der Waals surface area contributed by atoms with Crippen LogP contribution in [0.5, 0.6) is 5.88 Å². The number of halogens is 3. The molecule has 1 amide bonds. The third kappa shape index (κ3) is 6.85. The minimum absolute atomic E-state index is 0.192. The van der Waals surface area contributed by atoms with Crippen LogP contribution in [0.25, 0.3) is 0 Å². The molecule has 0 fully saturated rings. The first-order valence-corrected chi connectivity index (χ1v) is 7.23. The van der Waals surface area contributed by atoms with Gasteiger partial charge in [-0.2, -0.15) is 13.2 Å². The number of ether oxygens (including phenoxy) is 1. The lowest BCUT2D eigenvalue weighted by molar-refractivity contribution is -0.154. The summed E-state index contributed by atoms with van der Waals surface area (Å²) in [5, 5.41) is 2.84. The number of carbonyl (C=O) groups excluding carboxylic acids is 1. The molecular formula is C15H22F3N3O2. The van der Waals surface area contributed by atoms with Gasteiger partial charge in [-0.25, -0.2) is 4.98 Å². The van der Waals surface area contributed by atoms with Crippen LogP contribution < -0.4 is 15.8 Å². The van der Waals surface area contributed by atoms with E-state index >= 15 is 0 Å². The molecule has 130 valence electrons. The number of nitrogens with zero attached hydrogens (tertiary/aromatic N) is 1. The van der Waals surface area contributed by atoms with Crippen LogP contribution in [-0.2, 0) is 0 Å². The normalized spacial score (nSPS) is 14.4. The molecule has 0 saturated carbocycles. The maximum atomic E-state index is 12.2. The van der Waals surface area contributed by atoms with Crippen molar-refractivity contribution >= 4 is 5.91 Å². The topological polar surface area (TPSA) is 77.2 Å². The number of nitrogens with two attached hydrogens (primary N) is 1. The zero-order valence-electron chi connectivity index (χ0n) is 13.4. The summed E-state index contributed by atoms with van der Waals surface area (Å²) in [7, 11) is 0. The highest BCUT2D eigenvalue weighted by Crippen LogP contribution is 2.18. The van der Waals surface area contributed by atoms with E-state index in [1.807, 2.05) is 20.8 Å². The monoisotopic (exact) mass is 333 g/mol. The van der Waals surface area contributed by atoms with Crippen LogP contribution in [0.3, 0.4) is 0 Å². The molecule has 1 rings (SSSR count). The number of rotatable bonds is 7. The van der Waals surface area contributed by atoms with E-state index < -0.39 is 18.3 Å². The van der Waals surface area contributed by atoms with Crippen molar-refractivity contribution < 1.29 is 22.7 Å². The van der Waals surface area contributed by atoms with E-state index in [1.165, 1.54) is 18.3 Å². The number of amides is 1. The van der Waals surface area contributed by atoms with Gasteiger partial charge in [-0.15, -0.1) is 0 Å². The number of carbonyl (C=O) groups is 1. The average Bonchev–Trinajstić information content (AvgIpc) is 2.44. The van der Waals surface area contributed by atoms with Gasteiger partial charge >= 0.3 is 6.18 Å². The fraction of sp³-hybridized carbons (Fsp3) is 0.600. The minimum atomic E-state index is -4.43. The highest BCUT2D eigenvalue weighted by molar-refractivity contribution is 5.94. The number of nitrogens with one attached hydrogen (secondary N) is 1. The van der Waals surface area contributed by atoms with Crippen molar-refractivity contribution in [2.24, 2.45) is 11.7 Å². The summed E-state index contributed by atoms with van der Waals surface area (Å²) < 4.78 is 40.6. The Hall–Kier alpha value is -1.83. The smallest absolute Gasteiger partial charge is 0.422 e. The van der Waals surface area contributed by atoms with E-state index in [0.29, 0.717) is 12.3 Å². The van der Waals surface area contributed by atoms with E-state index in [2.05, 4.69) is 15.0 Å². The molecule has 1 unspecified atom stereocenters. The molecule has 23 heavy (non-hydrogen) atoms. The van der Waals surface area contributed by atoms with Gasteiger partial charge in [0.2, 0.25) is 5.88 Å². The third-order valence-electron chi connectivity index (χ3n) is 3.11. The second-order valence-corrected chi connectivity index (χ2v) is 6.11. The van der Waals surface area contributed by atoms with Gasteiger partial charge in [-0.05, 0) is 25.3 Å². The van der Waals surface area contributed by atoms with Gasteiger partial charge in [0.25, 0.3) is 5.91 Å². The van der Waals surface area contributed by atoms with Crippen LogP contribution in [0.15, 0.2) is 18.3 Å². The van der Waals surface area contributed by atoms with Gasteiger partial charge in [-0.1, -0.05) is 13.8 Å². The molecule has 0 saturated heterocycles. The van der Waals surface area contributed by atoms with E-state index in [0.717, 1.165) is 0 Å². The molecule has 0 aromatic carbocycles. The zero-order valence-corrected chi connectivity index (χ0v) is 13.4. The molecule has 8 heteroatoms. The maximum Gasteiger partial charge on any atom is 0.422 e. The summed E-state index contributed by atoms with van der Waals surface area (Å²) in [5.41, 5.74) is 5.40. The Balaban J connectivity index is 2.70. The summed E-state index contributed by atoms with van der Waals surface area (Å²) in [6.45, 7) is 4.74. The van der Waals surface area contributed by atoms with Crippen molar-refractivity contribution in [3.8, 4) is 5.88 Å². The van der Waals surface area contributed by atoms with E-state index in [1.54, 1.807) is 0 Å². The number of alkyl halides is 3.